The highest BCUT2D eigenvalue weighted by atomic mass is 19.1. The average Bonchev–Trinajstić information content (AvgIpc) is 3.02. The van der Waals surface area contributed by atoms with Crippen molar-refractivity contribution in [3.8, 4) is 11.5 Å². The summed E-state index contributed by atoms with van der Waals surface area (Å²) in [5.74, 6) is -0.377. The summed E-state index contributed by atoms with van der Waals surface area (Å²) in [6.45, 7) is 1.99. The van der Waals surface area contributed by atoms with Crippen molar-refractivity contribution in [1.82, 2.24) is 15.5 Å². The molecule has 0 atom stereocenters. The third kappa shape index (κ3) is 3.42. The van der Waals surface area contributed by atoms with Crippen molar-refractivity contribution in [2.24, 2.45) is 0 Å². The molecule has 1 aromatic heterocycles. The van der Waals surface area contributed by atoms with Gasteiger partial charge in [-0.1, -0.05) is 29.8 Å². The van der Waals surface area contributed by atoms with E-state index in [1.807, 2.05) is 19.1 Å². The highest BCUT2D eigenvalue weighted by Gasteiger charge is 2.13. The molecule has 0 spiro atoms. The molecule has 0 aliphatic carbocycles. The lowest BCUT2D eigenvalue weighted by molar-refractivity contribution is 0.0947. The van der Waals surface area contributed by atoms with Gasteiger partial charge in [0.2, 0.25) is 5.89 Å². The molecular weight excluding hydrogens is 297 g/mol. The van der Waals surface area contributed by atoms with Crippen LogP contribution in [-0.4, -0.2) is 16.1 Å². The first-order valence-corrected chi connectivity index (χ1v) is 7.05. The summed E-state index contributed by atoms with van der Waals surface area (Å²) < 4.78 is 19.0. The van der Waals surface area contributed by atoms with Crippen molar-refractivity contribution < 1.29 is 13.6 Å². The van der Waals surface area contributed by atoms with Gasteiger partial charge >= 0.3 is 0 Å². The Labute approximate surface area is 132 Å². The van der Waals surface area contributed by atoms with E-state index in [2.05, 4.69) is 15.5 Å². The third-order valence-corrected chi connectivity index (χ3v) is 3.25. The summed E-state index contributed by atoms with van der Waals surface area (Å²) in [6.07, 6.45) is 0. The van der Waals surface area contributed by atoms with Gasteiger partial charge in [-0.3, -0.25) is 4.79 Å². The molecule has 1 N–H and O–H groups in total. The van der Waals surface area contributed by atoms with Crippen LogP contribution in [0, 0.1) is 12.7 Å². The Morgan fingerprint density at radius 3 is 2.78 bits per heavy atom. The van der Waals surface area contributed by atoms with Crippen LogP contribution < -0.4 is 5.32 Å². The number of hydrogen-bond acceptors (Lipinski definition) is 4. The molecule has 3 aromatic rings. The summed E-state index contributed by atoms with van der Waals surface area (Å²) >= 11 is 0. The third-order valence-electron chi connectivity index (χ3n) is 3.25. The Morgan fingerprint density at radius 1 is 1.17 bits per heavy atom. The molecule has 1 heterocycles. The second-order valence-corrected chi connectivity index (χ2v) is 5.03. The monoisotopic (exact) mass is 311 g/mol. The van der Waals surface area contributed by atoms with Crippen LogP contribution in [0.5, 0.6) is 0 Å². The SMILES string of the molecule is Cc1cccc(C(=O)NCc2nnc(-c3ccccc3F)o2)c1. The van der Waals surface area contributed by atoms with Crippen LogP contribution >= 0.6 is 0 Å². The number of hydrogen-bond donors (Lipinski definition) is 1. The standard InChI is InChI=1S/C17H14FN3O2/c1-11-5-4-6-12(9-11)16(22)19-10-15-20-21-17(23-15)13-7-2-3-8-14(13)18/h2-9H,10H2,1H3,(H,19,22). The maximum absolute atomic E-state index is 13.7. The van der Waals surface area contributed by atoms with Gasteiger partial charge in [-0.2, -0.15) is 0 Å². The van der Waals surface area contributed by atoms with Gasteiger partial charge in [0.15, 0.2) is 0 Å². The number of nitrogens with zero attached hydrogens (tertiary/aromatic N) is 2. The molecule has 5 nitrogen and oxygen atoms in total. The molecule has 2 aromatic carbocycles. The van der Waals surface area contributed by atoms with E-state index < -0.39 is 5.82 Å². The number of amides is 1. The number of carbonyl (C=O) groups excluding carboxylic acids is 1. The molecule has 0 aliphatic rings. The quantitative estimate of drug-likeness (QED) is 0.804. The van der Waals surface area contributed by atoms with Gasteiger partial charge in [0, 0.05) is 5.56 Å². The second-order valence-electron chi connectivity index (χ2n) is 5.03. The van der Waals surface area contributed by atoms with E-state index in [1.165, 1.54) is 6.07 Å². The highest BCUT2D eigenvalue weighted by molar-refractivity contribution is 5.94. The fourth-order valence-corrected chi connectivity index (χ4v) is 2.11. The van der Waals surface area contributed by atoms with E-state index in [1.54, 1.807) is 30.3 Å². The molecule has 0 saturated heterocycles. The zero-order valence-corrected chi connectivity index (χ0v) is 12.4. The number of carbonyl (C=O) groups is 1. The Kier molecular flexibility index (Phi) is 4.14. The first-order valence-electron chi connectivity index (χ1n) is 7.05. The Balaban J connectivity index is 1.68. The number of aryl methyl sites for hydroxylation is 1. The summed E-state index contributed by atoms with van der Waals surface area (Å²) in [7, 11) is 0. The van der Waals surface area contributed by atoms with Gasteiger partial charge in [0.05, 0.1) is 12.1 Å². The predicted octanol–water partition coefficient (Wildman–Crippen LogP) is 3.11. The van der Waals surface area contributed by atoms with Crippen LogP contribution in [0.3, 0.4) is 0 Å². The number of halogens is 1. The minimum Gasteiger partial charge on any atom is -0.419 e. The second kappa shape index (κ2) is 6.39. The topological polar surface area (TPSA) is 68.0 Å². The van der Waals surface area contributed by atoms with Crippen LogP contribution in [0.4, 0.5) is 4.39 Å². The van der Waals surface area contributed by atoms with Crippen LogP contribution in [0.15, 0.2) is 52.9 Å². The van der Waals surface area contributed by atoms with Crippen molar-refractivity contribution in [3.05, 3.63) is 71.4 Å². The predicted molar refractivity (Wildman–Crippen MR) is 82.0 cm³/mol. The van der Waals surface area contributed by atoms with Crippen LogP contribution in [0.25, 0.3) is 11.5 Å². The zero-order chi connectivity index (χ0) is 16.2. The smallest absolute Gasteiger partial charge is 0.251 e. The summed E-state index contributed by atoms with van der Waals surface area (Å²) in [6, 6.07) is 13.4. The molecule has 116 valence electrons. The largest absolute Gasteiger partial charge is 0.419 e. The van der Waals surface area contributed by atoms with E-state index in [0.29, 0.717) is 5.56 Å². The Hall–Kier alpha value is -3.02. The van der Waals surface area contributed by atoms with Gasteiger partial charge in [-0.25, -0.2) is 4.39 Å². The van der Waals surface area contributed by atoms with E-state index >= 15 is 0 Å². The number of nitrogens with one attached hydrogen (secondary N) is 1. The zero-order valence-electron chi connectivity index (χ0n) is 12.4. The van der Waals surface area contributed by atoms with Crippen molar-refractivity contribution in [3.63, 3.8) is 0 Å². The first kappa shape index (κ1) is 14.9. The van der Waals surface area contributed by atoms with Crippen molar-refractivity contribution >= 4 is 5.91 Å². The van der Waals surface area contributed by atoms with Crippen LogP contribution in [0.1, 0.15) is 21.8 Å². The normalized spacial score (nSPS) is 10.5. The molecule has 6 heteroatoms. The number of aromatic nitrogens is 2. The number of benzene rings is 2. The van der Waals surface area contributed by atoms with E-state index in [-0.39, 0.29) is 29.8 Å². The molecule has 0 saturated carbocycles. The van der Waals surface area contributed by atoms with Gasteiger partial charge in [-0.15, -0.1) is 10.2 Å². The molecule has 1 amide bonds. The molecule has 0 unspecified atom stereocenters. The molecular formula is C17H14FN3O2. The summed E-state index contributed by atoms with van der Waals surface area (Å²) in [5.41, 5.74) is 1.78. The summed E-state index contributed by atoms with van der Waals surface area (Å²) in [5, 5.41) is 10.3. The molecule has 3 rings (SSSR count). The van der Waals surface area contributed by atoms with E-state index in [4.69, 9.17) is 4.42 Å². The maximum Gasteiger partial charge on any atom is 0.251 e. The maximum atomic E-state index is 13.7. The fraction of sp³-hybridized carbons (Fsp3) is 0.118. The van der Waals surface area contributed by atoms with Crippen molar-refractivity contribution in [2.75, 3.05) is 0 Å². The highest BCUT2D eigenvalue weighted by Crippen LogP contribution is 2.20. The van der Waals surface area contributed by atoms with Gasteiger partial charge in [0.1, 0.15) is 5.82 Å². The van der Waals surface area contributed by atoms with Gasteiger partial charge in [-0.05, 0) is 31.2 Å². The average molecular weight is 311 g/mol. The lowest BCUT2D eigenvalue weighted by Crippen LogP contribution is -2.22. The van der Waals surface area contributed by atoms with Crippen molar-refractivity contribution in [2.45, 2.75) is 13.5 Å². The minimum atomic E-state index is -0.438. The molecule has 23 heavy (non-hydrogen) atoms. The molecule has 0 aliphatic heterocycles. The van der Waals surface area contributed by atoms with E-state index in [0.717, 1.165) is 5.56 Å². The molecule has 0 radical (unpaired) electrons. The fourth-order valence-electron chi connectivity index (χ4n) is 2.11. The van der Waals surface area contributed by atoms with Crippen LogP contribution in [0.2, 0.25) is 0 Å². The van der Waals surface area contributed by atoms with Crippen LogP contribution in [-0.2, 0) is 6.54 Å². The Morgan fingerprint density at radius 2 is 2.00 bits per heavy atom. The molecule has 0 fully saturated rings. The van der Waals surface area contributed by atoms with Gasteiger partial charge < -0.3 is 9.73 Å². The minimum absolute atomic E-state index is 0.0776. The first-order chi connectivity index (χ1) is 11.1. The Bertz CT molecular complexity index is 845. The van der Waals surface area contributed by atoms with Crippen molar-refractivity contribution in [1.29, 1.82) is 0 Å². The van der Waals surface area contributed by atoms with E-state index in [9.17, 15) is 9.18 Å². The summed E-state index contributed by atoms with van der Waals surface area (Å²) in [4.78, 5) is 12.0. The number of rotatable bonds is 4. The lowest BCUT2D eigenvalue weighted by atomic mass is 10.1. The molecule has 0 bridgehead atoms. The van der Waals surface area contributed by atoms with Gasteiger partial charge in [0.25, 0.3) is 11.8 Å². The lowest BCUT2D eigenvalue weighted by Gasteiger charge is -2.03.